The molecule has 34 heavy (non-hydrogen) atoms. The summed E-state index contributed by atoms with van der Waals surface area (Å²) < 4.78 is 15.0. The number of aliphatic hydroxyl groups excluding tert-OH is 1. The number of aromatic nitrogens is 2. The van der Waals surface area contributed by atoms with Crippen LogP contribution in [0, 0.1) is 0 Å². The van der Waals surface area contributed by atoms with E-state index < -0.39 is 0 Å². The molecule has 2 saturated carbocycles. The van der Waals surface area contributed by atoms with Crippen LogP contribution in [-0.4, -0.2) is 52.9 Å². The summed E-state index contributed by atoms with van der Waals surface area (Å²) in [6.45, 7) is 0.0477. The Labute approximate surface area is 210 Å². The Balaban J connectivity index is 0.000000192. The van der Waals surface area contributed by atoms with Crippen LogP contribution in [0.4, 0.5) is 0 Å². The molecule has 2 heterocycles. The zero-order chi connectivity index (χ0) is 24.3. The molecule has 2 aromatic heterocycles. The molecule has 7 nitrogen and oxygen atoms in total. The van der Waals surface area contributed by atoms with E-state index in [1.807, 2.05) is 6.07 Å². The van der Waals surface area contributed by atoms with Gasteiger partial charge in [0.2, 0.25) is 11.8 Å². The highest BCUT2D eigenvalue weighted by molar-refractivity contribution is 8.00. The largest absolute Gasteiger partial charge is 0.481 e. The Hall–Kier alpha value is -1.97. The van der Waals surface area contributed by atoms with Crippen molar-refractivity contribution in [3.8, 4) is 11.8 Å². The molecule has 0 aliphatic heterocycles. The zero-order valence-electron chi connectivity index (χ0n) is 20.1. The lowest BCUT2D eigenvalue weighted by molar-refractivity contribution is 0.0595. The lowest BCUT2D eigenvalue weighted by atomic mass is 10.3. The van der Waals surface area contributed by atoms with Crippen LogP contribution in [-0.2, 0) is 11.3 Å². The van der Waals surface area contributed by atoms with Gasteiger partial charge in [0.25, 0.3) is 0 Å². The molecule has 0 amide bonds. The molecule has 0 saturated heterocycles. The number of thioether (sulfide) groups is 2. The Morgan fingerprint density at radius 1 is 0.853 bits per heavy atom. The van der Waals surface area contributed by atoms with Crippen LogP contribution in [0.3, 0.4) is 0 Å². The van der Waals surface area contributed by atoms with Crippen molar-refractivity contribution in [1.29, 1.82) is 0 Å². The number of hydrogen-bond acceptors (Lipinski definition) is 9. The van der Waals surface area contributed by atoms with E-state index in [1.165, 1.54) is 58.5 Å². The maximum absolute atomic E-state index is 11.7. The predicted octanol–water partition coefficient (Wildman–Crippen LogP) is 5.53. The molecule has 0 bridgehead atoms. The first-order valence-corrected chi connectivity index (χ1v) is 13.4. The van der Waals surface area contributed by atoms with Gasteiger partial charge in [-0.15, -0.1) is 23.5 Å². The van der Waals surface area contributed by atoms with E-state index in [1.54, 1.807) is 55.9 Å². The zero-order valence-corrected chi connectivity index (χ0v) is 21.8. The Morgan fingerprint density at radius 3 is 1.85 bits per heavy atom. The van der Waals surface area contributed by atoms with Crippen LogP contribution in [0.2, 0.25) is 0 Å². The Bertz CT molecular complexity index is 932. The Kier molecular flexibility index (Phi) is 10.8. The highest BCUT2D eigenvalue weighted by atomic mass is 32.2. The summed E-state index contributed by atoms with van der Waals surface area (Å²) in [4.78, 5) is 20.5. The summed E-state index contributed by atoms with van der Waals surface area (Å²) in [5, 5.41) is 12.1. The first-order valence-electron chi connectivity index (χ1n) is 11.7. The van der Waals surface area contributed by atoms with Gasteiger partial charge < -0.3 is 19.3 Å². The van der Waals surface area contributed by atoms with E-state index >= 15 is 0 Å². The van der Waals surface area contributed by atoms with E-state index in [9.17, 15) is 9.90 Å². The number of pyridine rings is 2. The molecule has 0 aromatic carbocycles. The fourth-order valence-electron chi connectivity index (χ4n) is 4.01. The molecule has 2 fully saturated rings. The van der Waals surface area contributed by atoms with Gasteiger partial charge in [0.15, 0.2) is 0 Å². The number of carbonyl (C=O) groups excluding carboxylic acids is 1. The van der Waals surface area contributed by atoms with Gasteiger partial charge in [-0.3, -0.25) is 0 Å². The van der Waals surface area contributed by atoms with Gasteiger partial charge in [-0.1, -0.05) is 25.7 Å². The van der Waals surface area contributed by atoms with E-state index in [0.29, 0.717) is 32.8 Å². The molecule has 0 atom stereocenters. The van der Waals surface area contributed by atoms with Crippen LogP contribution >= 0.6 is 23.5 Å². The van der Waals surface area contributed by atoms with Gasteiger partial charge in [0.1, 0.15) is 10.1 Å². The number of carbonyl (C=O) groups is 1. The molecule has 2 aromatic rings. The van der Waals surface area contributed by atoms with Crippen molar-refractivity contribution < 1.29 is 24.1 Å². The second-order valence-electron chi connectivity index (χ2n) is 8.22. The number of esters is 1. The van der Waals surface area contributed by atoms with Crippen LogP contribution in [0.25, 0.3) is 0 Å². The van der Waals surface area contributed by atoms with Gasteiger partial charge in [-0.2, -0.15) is 0 Å². The van der Waals surface area contributed by atoms with Crippen molar-refractivity contribution >= 4 is 29.5 Å². The average Bonchev–Trinajstić information content (AvgIpc) is 3.58. The molecular weight excluding hydrogens is 472 g/mol. The first kappa shape index (κ1) is 26.6. The molecule has 9 heteroatoms. The molecule has 2 aliphatic rings. The van der Waals surface area contributed by atoms with E-state index in [4.69, 9.17) is 14.2 Å². The van der Waals surface area contributed by atoms with Gasteiger partial charge >= 0.3 is 5.97 Å². The molecule has 0 spiro atoms. The summed E-state index contributed by atoms with van der Waals surface area (Å²) in [5.74, 6) is 0.812. The molecule has 1 N–H and O–H groups in total. The maximum Gasteiger partial charge on any atom is 0.340 e. The topological polar surface area (TPSA) is 90.8 Å². The third kappa shape index (κ3) is 7.52. The number of rotatable bonds is 8. The van der Waals surface area contributed by atoms with Gasteiger partial charge in [-0.25, -0.2) is 14.8 Å². The Morgan fingerprint density at radius 2 is 1.35 bits per heavy atom. The number of aliphatic hydroxyl groups is 1. The minimum atomic E-state index is -0.342. The lowest BCUT2D eigenvalue weighted by Gasteiger charge is -2.12. The molecule has 2 aliphatic carbocycles. The SMILES string of the molecule is COC(=O)c1ccc(OC)nc1SC1CCCC1.COc1ccc(CO)c(SC2CCCC2)n1. The summed E-state index contributed by atoms with van der Waals surface area (Å²) in [5.41, 5.74) is 1.42. The fraction of sp³-hybridized carbons (Fsp3) is 0.560. The first-order chi connectivity index (χ1) is 16.6. The highest BCUT2D eigenvalue weighted by Crippen LogP contribution is 2.37. The van der Waals surface area contributed by atoms with Crippen molar-refractivity contribution in [1.82, 2.24) is 9.97 Å². The fourth-order valence-corrected chi connectivity index (χ4v) is 6.63. The van der Waals surface area contributed by atoms with Crippen LogP contribution in [0.15, 0.2) is 34.3 Å². The summed E-state index contributed by atoms with van der Waals surface area (Å²) >= 11 is 3.44. The number of nitrogens with zero attached hydrogens (tertiary/aromatic N) is 2. The predicted molar refractivity (Wildman–Crippen MR) is 135 cm³/mol. The van der Waals surface area contributed by atoms with Crippen molar-refractivity contribution in [3.63, 3.8) is 0 Å². The summed E-state index contributed by atoms with van der Waals surface area (Å²) in [7, 11) is 4.58. The second kappa shape index (κ2) is 13.8. The smallest absolute Gasteiger partial charge is 0.340 e. The van der Waals surface area contributed by atoms with E-state index in [0.717, 1.165) is 10.6 Å². The second-order valence-corrected chi connectivity index (χ2v) is 10.8. The minimum absolute atomic E-state index is 0.0477. The number of ether oxygens (including phenoxy) is 3. The van der Waals surface area contributed by atoms with Crippen LogP contribution < -0.4 is 9.47 Å². The van der Waals surface area contributed by atoms with Crippen molar-refractivity contribution in [2.45, 2.75) is 78.5 Å². The van der Waals surface area contributed by atoms with Crippen molar-refractivity contribution in [3.05, 3.63) is 35.4 Å². The molecule has 0 unspecified atom stereocenters. The average molecular weight is 507 g/mol. The monoisotopic (exact) mass is 506 g/mol. The van der Waals surface area contributed by atoms with Gasteiger partial charge in [0.05, 0.1) is 33.5 Å². The minimum Gasteiger partial charge on any atom is -0.481 e. The summed E-state index contributed by atoms with van der Waals surface area (Å²) in [6.07, 6.45) is 10.0. The third-order valence-corrected chi connectivity index (χ3v) is 8.62. The molecule has 0 radical (unpaired) electrons. The molecule has 186 valence electrons. The van der Waals surface area contributed by atoms with E-state index in [2.05, 4.69) is 9.97 Å². The molecule has 4 rings (SSSR count). The lowest BCUT2D eigenvalue weighted by Crippen LogP contribution is -2.07. The summed E-state index contributed by atoms with van der Waals surface area (Å²) in [6, 6.07) is 7.09. The third-order valence-electron chi connectivity index (χ3n) is 5.90. The van der Waals surface area contributed by atoms with Crippen LogP contribution in [0.1, 0.15) is 67.3 Å². The molecular formula is C25H34N2O5S2. The maximum atomic E-state index is 11.7. The van der Waals surface area contributed by atoms with E-state index in [-0.39, 0.29) is 12.6 Å². The quantitative estimate of drug-likeness (QED) is 0.464. The van der Waals surface area contributed by atoms with Crippen molar-refractivity contribution in [2.75, 3.05) is 21.3 Å². The van der Waals surface area contributed by atoms with Gasteiger partial charge in [-0.05, 0) is 37.8 Å². The van der Waals surface area contributed by atoms with Crippen molar-refractivity contribution in [2.24, 2.45) is 0 Å². The van der Waals surface area contributed by atoms with Gasteiger partial charge in [0, 0.05) is 28.2 Å². The number of methoxy groups -OCH3 is 3. The standard InChI is InChI=1S/C13H17NO3S.C12H17NO2S/c1-16-11-8-7-10(13(15)17-2)12(14-11)18-9-5-3-4-6-9;1-15-11-7-6-9(8-14)12(13-11)16-10-4-2-3-5-10/h7-9H,3-6H2,1-2H3;6-7,10,14H,2-5,8H2,1H3. The normalized spacial score (nSPS) is 16.1. The van der Waals surface area contributed by atoms with Crippen LogP contribution in [0.5, 0.6) is 11.8 Å². The highest BCUT2D eigenvalue weighted by Gasteiger charge is 2.22. The number of hydrogen-bond donors (Lipinski definition) is 1.